The topological polar surface area (TPSA) is 56.2 Å². The normalized spacial score (nSPS) is 10.7. The van der Waals surface area contributed by atoms with Crippen molar-refractivity contribution in [2.24, 2.45) is 5.73 Å². The van der Waals surface area contributed by atoms with Crippen LogP contribution in [0.4, 0.5) is 0 Å². The van der Waals surface area contributed by atoms with Gasteiger partial charge in [-0.3, -0.25) is 4.79 Å². The average molecular weight is 230 g/mol. The number of halogens is 2. The summed E-state index contributed by atoms with van der Waals surface area (Å²) in [6.45, 7) is 0. The van der Waals surface area contributed by atoms with Crippen LogP contribution in [-0.4, -0.2) is 5.91 Å². The summed E-state index contributed by atoms with van der Waals surface area (Å²) < 4.78 is 5.15. The lowest BCUT2D eigenvalue weighted by Gasteiger charge is -1.92. The molecule has 2 rings (SSSR count). The second-order valence-electron chi connectivity index (χ2n) is 2.77. The Morgan fingerprint density at radius 2 is 2.00 bits per heavy atom. The van der Waals surface area contributed by atoms with Gasteiger partial charge in [0.1, 0.15) is 5.58 Å². The quantitative estimate of drug-likeness (QED) is 0.818. The number of benzene rings is 1. The molecule has 0 aliphatic carbocycles. The van der Waals surface area contributed by atoms with Gasteiger partial charge in [0.05, 0.1) is 5.02 Å². The summed E-state index contributed by atoms with van der Waals surface area (Å²) in [5.74, 6) is -0.558. The number of furan rings is 1. The van der Waals surface area contributed by atoms with E-state index in [2.05, 4.69) is 0 Å². The van der Waals surface area contributed by atoms with Crippen LogP contribution < -0.4 is 5.73 Å². The fraction of sp³-hybridized carbons (Fsp3) is 0. The minimum Gasteiger partial charge on any atom is -0.451 e. The van der Waals surface area contributed by atoms with Crippen molar-refractivity contribution in [1.29, 1.82) is 0 Å². The molecular weight excluding hydrogens is 225 g/mol. The molecule has 72 valence electrons. The van der Waals surface area contributed by atoms with Crippen LogP contribution in [0.2, 0.25) is 10.0 Å². The van der Waals surface area contributed by atoms with Crippen molar-refractivity contribution in [3.63, 3.8) is 0 Å². The summed E-state index contributed by atoms with van der Waals surface area (Å²) in [6.07, 6.45) is 0. The number of carbonyl (C=O) groups excluding carboxylic acids is 1. The highest BCUT2D eigenvalue weighted by Gasteiger charge is 2.11. The first-order valence-corrected chi connectivity index (χ1v) is 4.52. The number of carbonyl (C=O) groups is 1. The molecule has 0 saturated carbocycles. The third-order valence-corrected chi connectivity index (χ3v) is 2.33. The van der Waals surface area contributed by atoms with Crippen molar-refractivity contribution in [3.05, 3.63) is 34.0 Å². The molecule has 0 spiro atoms. The highest BCUT2D eigenvalue weighted by Crippen LogP contribution is 2.30. The lowest BCUT2D eigenvalue weighted by Crippen LogP contribution is -2.08. The van der Waals surface area contributed by atoms with Crippen LogP contribution >= 0.6 is 23.2 Å². The van der Waals surface area contributed by atoms with E-state index in [4.69, 9.17) is 33.4 Å². The monoisotopic (exact) mass is 229 g/mol. The minimum atomic E-state index is -0.631. The smallest absolute Gasteiger partial charge is 0.284 e. The molecule has 0 aliphatic heterocycles. The van der Waals surface area contributed by atoms with Gasteiger partial charge in [0, 0.05) is 16.5 Å². The number of fused-ring (bicyclic) bond motifs is 1. The Morgan fingerprint density at radius 3 is 2.64 bits per heavy atom. The summed E-state index contributed by atoms with van der Waals surface area (Å²) in [7, 11) is 0. The SMILES string of the molecule is NC(=O)c1cc2c(Cl)cc(Cl)cc2o1. The molecule has 0 radical (unpaired) electrons. The molecule has 0 fully saturated rings. The molecule has 0 aliphatic rings. The summed E-state index contributed by atoms with van der Waals surface area (Å²) >= 11 is 11.6. The van der Waals surface area contributed by atoms with E-state index in [1.807, 2.05) is 0 Å². The first kappa shape index (κ1) is 9.37. The van der Waals surface area contributed by atoms with Crippen LogP contribution in [-0.2, 0) is 0 Å². The number of nitrogens with two attached hydrogens (primary N) is 1. The maximum Gasteiger partial charge on any atom is 0.284 e. The Morgan fingerprint density at radius 1 is 1.29 bits per heavy atom. The number of rotatable bonds is 1. The first-order chi connectivity index (χ1) is 6.58. The molecule has 1 aromatic carbocycles. The van der Waals surface area contributed by atoms with Crippen molar-refractivity contribution < 1.29 is 9.21 Å². The maximum absolute atomic E-state index is 10.8. The lowest BCUT2D eigenvalue weighted by atomic mass is 10.2. The zero-order valence-electron chi connectivity index (χ0n) is 6.88. The number of primary amides is 1. The van der Waals surface area contributed by atoms with E-state index >= 15 is 0 Å². The molecular formula is C9H5Cl2NO2. The van der Waals surface area contributed by atoms with Crippen LogP contribution in [0.15, 0.2) is 22.6 Å². The van der Waals surface area contributed by atoms with Gasteiger partial charge in [-0.15, -0.1) is 0 Å². The highest BCUT2D eigenvalue weighted by molar-refractivity contribution is 6.38. The molecule has 2 aromatic rings. The van der Waals surface area contributed by atoms with Gasteiger partial charge in [-0.05, 0) is 12.1 Å². The molecule has 3 nitrogen and oxygen atoms in total. The van der Waals surface area contributed by atoms with Crippen molar-refractivity contribution in [2.45, 2.75) is 0 Å². The van der Waals surface area contributed by atoms with Crippen LogP contribution in [0, 0.1) is 0 Å². The van der Waals surface area contributed by atoms with Crippen LogP contribution in [0.25, 0.3) is 11.0 Å². The number of amides is 1. The summed E-state index contributed by atoms with van der Waals surface area (Å²) in [4.78, 5) is 10.8. The standard InChI is InChI=1S/C9H5Cl2NO2/c10-4-1-6(11)5-3-8(9(12)13)14-7(5)2-4/h1-3H,(H2,12,13). The van der Waals surface area contributed by atoms with E-state index in [0.717, 1.165) is 0 Å². The maximum atomic E-state index is 10.8. The van der Waals surface area contributed by atoms with E-state index in [9.17, 15) is 4.79 Å². The molecule has 2 N–H and O–H groups in total. The Balaban J connectivity index is 2.76. The van der Waals surface area contributed by atoms with Gasteiger partial charge < -0.3 is 10.2 Å². The summed E-state index contributed by atoms with van der Waals surface area (Å²) in [5, 5.41) is 1.52. The minimum absolute atomic E-state index is 0.0733. The molecule has 0 bridgehead atoms. The molecule has 1 aromatic heterocycles. The molecule has 0 atom stereocenters. The van der Waals surface area contributed by atoms with Gasteiger partial charge in [0.25, 0.3) is 5.91 Å². The van der Waals surface area contributed by atoms with Gasteiger partial charge in [0.2, 0.25) is 0 Å². The second-order valence-corrected chi connectivity index (χ2v) is 3.62. The van der Waals surface area contributed by atoms with Gasteiger partial charge >= 0.3 is 0 Å². The Bertz CT molecular complexity index is 519. The van der Waals surface area contributed by atoms with Crippen LogP contribution in [0.1, 0.15) is 10.6 Å². The van der Waals surface area contributed by atoms with E-state index in [-0.39, 0.29) is 5.76 Å². The molecule has 1 amide bonds. The van der Waals surface area contributed by atoms with Crippen LogP contribution in [0.3, 0.4) is 0 Å². The first-order valence-electron chi connectivity index (χ1n) is 3.76. The lowest BCUT2D eigenvalue weighted by molar-refractivity contribution is 0.0976. The predicted octanol–water partition coefficient (Wildman–Crippen LogP) is 2.84. The molecule has 1 heterocycles. The number of hydrogen-bond acceptors (Lipinski definition) is 2. The van der Waals surface area contributed by atoms with Gasteiger partial charge in [-0.25, -0.2) is 0 Å². The second kappa shape index (κ2) is 3.19. The molecule has 14 heavy (non-hydrogen) atoms. The van der Waals surface area contributed by atoms with E-state index in [0.29, 0.717) is 21.0 Å². The Labute approximate surface area is 89.4 Å². The third kappa shape index (κ3) is 1.45. The van der Waals surface area contributed by atoms with Crippen molar-refractivity contribution in [2.75, 3.05) is 0 Å². The summed E-state index contributed by atoms with van der Waals surface area (Å²) in [5.41, 5.74) is 5.51. The fourth-order valence-electron chi connectivity index (χ4n) is 1.19. The zero-order chi connectivity index (χ0) is 10.3. The predicted molar refractivity (Wildman–Crippen MR) is 54.8 cm³/mol. The Hall–Kier alpha value is -1.19. The number of hydrogen-bond donors (Lipinski definition) is 1. The van der Waals surface area contributed by atoms with E-state index in [1.54, 1.807) is 12.1 Å². The fourth-order valence-corrected chi connectivity index (χ4v) is 1.72. The molecule has 5 heteroatoms. The highest BCUT2D eigenvalue weighted by atomic mass is 35.5. The Kier molecular flexibility index (Phi) is 2.13. The van der Waals surface area contributed by atoms with Gasteiger partial charge in [-0.1, -0.05) is 23.2 Å². The van der Waals surface area contributed by atoms with Gasteiger partial charge in [0.15, 0.2) is 5.76 Å². The largest absolute Gasteiger partial charge is 0.451 e. The van der Waals surface area contributed by atoms with E-state index < -0.39 is 5.91 Å². The molecule has 0 unspecified atom stereocenters. The van der Waals surface area contributed by atoms with Crippen molar-refractivity contribution in [3.8, 4) is 0 Å². The summed E-state index contributed by atoms with van der Waals surface area (Å²) in [6, 6.07) is 4.65. The zero-order valence-corrected chi connectivity index (χ0v) is 8.39. The van der Waals surface area contributed by atoms with Crippen molar-refractivity contribution in [1.82, 2.24) is 0 Å². The van der Waals surface area contributed by atoms with Gasteiger partial charge in [-0.2, -0.15) is 0 Å². The third-order valence-electron chi connectivity index (χ3n) is 1.79. The average Bonchev–Trinajstić information content (AvgIpc) is 2.47. The van der Waals surface area contributed by atoms with Crippen LogP contribution in [0.5, 0.6) is 0 Å². The van der Waals surface area contributed by atoms with Crippen molar-refractivity contribution >= 4 is 40.1 Å². The van der Waals surface area contributed by atoms with E-state index in [1.165, 1.54) is 6.07 Å². The molecule has 0 saturated heterocycles.